The Morgan fingerprint density at radius 3 is 3.24 bits per heavy atom. The Kier molecular flexibility index (Phi) is 3.01. The van der Waals surface area contributed by atoms with Crippen LogP contribution in [0.5, 0.6) is 0 Å². The summed E-state index contributed by atoms with van der Waals surface area (Å²) in [5, 5.41) is 5.25. The summed E-state index contributed by atoms with van der Waals surface area (Å²) in [6, 6.07) is 3.99. The predicted molar refractivity (Wildman–Crippen MR) is 71.7 cm³/mol. The molecular formula is C12H15BrN4. The van der Waals surface area contributed by atoms with E-state index in [9.17, 15) is 0 Å². The van der Waals surface area contributed by atoms with Crippen molar-refractivity contribution in [1.82, 2.24) is 14.6 Å². The Morgan fingerprint density at radius 1 is 1.41 bits per heavy atom. The summed E-state index contributed by atoms with van der Waals surface area (Å²) in [5.41, 5.74) is 0.920. The zero-order valence-electron chi connectivity index (χ0n) is 9.59. The van der Waals surface area contributed by atoms with Crippen LogP contribution >= 0.6 is 15.9 Å². The third-order valence-electron chi connectivity index (χ3n) is 3.30. The Labute approximate surface area is 109 Å². The second-order valence-corrected chi connectivity index (χ2v) is 5.18. The van der Waals surface area contributed by atoms with Crippen molar-refractivity contribution in [3.8, 4) is 0 Å². The summed E-state index contributed by atoms with van der Waals surface area (Å²) < 4.78 is 1.80. The third-order valence-corrected chi connectivity index (χ3v) is 4.22. The highest BCUT2D eigenvalue weighted by Crippen LogP contribution is 2.22. The van der Waals surface area contributed by atoms with Crippen LogP contribution in [0.1, 0.15) is 12.8 Å². The molecule has 1 saturated heterocycles. The largest absolute Gasteiger partial charge is 0.356 e. The molecule has 0 spiro atoms. The number of nitrogens with zero attached hydrogens (tertiary/aromatic N) is 4. The van der Waals surface area contributed by atoms with Crippen molar-refractivity contribution < 1.29 is 0 Å². The minimum Gasteiger partial charge on any atom is -0.356 e. The molecule has 0 saturated carbocycles. The number of anilines is 1. The molecule has 0 N–H and O–H groups in total. The molecule has 2 aromatic heterocycles. The highest BCUT2D eigenvalue weighted by molar-refractivity contribution is 9.09. The molecule has 90 valence electrons. The summed E-state index contributed by atoms with van der Waals surface area (Å²) in [6.45, 7) is 2.21. The molecule has 0 bridgehead atoms. The van der Waals surface area contributed by atoms with Gasteiger partial charge in [-0.25, -0.2) is 9.50 Å². The quantitative estimate of drug-likeness (QED) is 0.797. The van der Waals surface area contributed by atoms with Crippen molar-refractivity contribution in [3.63, 3.8) is 0 Å². The van der Waals surface area contributed by atoms with Gasteiger partial charge in [-0.15, -0.1) is 0 Å². The van der Waals surface area contributed by atoms with Gasteiger partial charge in [-0.3, -0.25) is 0 Å². The summed E-state index contributed by atoms with van der Waals surface area (Å²) >= 11 is 3.58. The summed E-state index contributed by atoms with van der Waals surface area (Å²) in [4.78, 5) is 7.02. The maximum Gasteiger partial charge on any atom is 0.157 e. The monoisotopic (exact) mass is 294 g/mol. The van der Waals surface area contributed by atoms with Crippen LogP contribution in [0.3, 0.4) is 0 Å². The number of piperidine rings is 1. The van der Waals surface area contributed by atoms with E-state index in [1.807, 2.05) is 12.3 Å². The van der Waals surface area contributed by atoms with Gasteiger partial charge in [0.15, 0.2) is 5.65 Å². The Hall–Kier alpha value is -1.10. The van der Waals surface area contributed by atoms with Gasteiger partial charge in [-0.1, -0.05) is 15.9 Å². The number of rotatable bonds is 2. The fourth-order valence-corrected chi connectivity index (χ4v) is 2.91. The van der Waals surface area contributed by atoms with E-state index in [2.05, 4.69) is 37.0 Å². The van der Waals surface area contributed by atoms with E-state index in [1.165, 1.54) is 12.8 Å². The predicted octanol–water partition coefficient (Wildman–Crippen LogP) is 2.34. The first-order chi connectivity index (χ1) is 8.36. The fourth-order valence-electron chi connectivity index (χ4n) is 2.38. The molecule has 1 aliphatic heterocycles. The van der Waals surface area contributed by atoms with Gasteiger partial charge in [0.1, 0.15) is 5.82 Å². The molecule has 4 nitrogen and oxygen atoms in total. The van der Waals surface area contributed by atoms with E-state index in [0.29, 0.717) is 0 Å². The van der Waals surface area contributed by atoms with Gasteiger partial charge in [-0.05, 0) is 24.8 Å². The molecule has 0 radical (unpaired) electrons. The van der Waals surface area contributed by atoms with Crippen LogP contribution in [0.4, 0.5) is 5.82 Å². The smallest absolute Gasteiger partial charge is 0.157 e. The summed E-state index contributed by atoms with van der Waals surface area (Å²) in [5.74, 6) is 1.82. The highest BCUT2D eigenvalue weighted by Gasteiger charge is 2.20. The molecule has 0 amide bonds. The molecule has 3 rings (SSSR count). The lowest BCUT2D eigenvalue weighted by Gasteiger charge is -2.32. The molecule has 1 fully saturated rings. The van der Waals surface area contributed by atoms with E-state index in [4.69, 9.17) is 0 Å². The number of fused-ring (bicyclic) bond motifs is 1. The van der Waals surface area contributed by atoms with Crippen molar-refractivity contribution in [2.24, 2.45) is 5.92 Å². The molecule has 3 heterocycles. The first-order valence-electron chi connectivity index (χ1n) is 5.98. The second kappa shape index (κ2) is 4.64. The number of hydrogen-bond acceptors (Lipinski definition) is 3. The van der Waals surface area contributed by atoms with Gasteiger partial charge in [0.25, 0.3) is 0 Å². The Bertz CT molecular complexity index is 510. The maximum absolute atomic E-state index is 4.64. The second-order valence-electron chi connectivity index (χ2n) is 4.53. The average molecular weight is 295 g/mol. The molecule has 2 aromatic rings. The van der Waals surface area contributed by atoms with E-state index in [-0.39, 0.29) is 0 Å². The van der Waals surface area contributed by atoms with Crippen LogP contribution < -0.4 is 4.90 Å². The maximum atomic E-state index is 4.64. The van der Waals surface area contributed by atoms with Gasteiger partial charge < -0.3 is 4.90 Å². The van der Waals surface area contributed by atoms with Gasteiger partial charge in [0, 0.05) is 30.7 Å². The van der Waals surface area contributed by atoms with E-state index >= 15 is 0 Å². The average Bonchev–Trinajstić information content (AvgIpc) is 2.86. The van der Waals surface area contributed by atoms with Crippen LogP contribution in [0.15, 0.2) is 24.5 Å². The van der Waals surface area contributed by atoms with Crippen LogP contribution in [0, 0.1) is 5.92 Å². The van der Waals surface area contributed by atoms with E-state index < -0.39 is 0 Å². The minimum atomic E-state index is 0.742. The van der Waals surface area contributed by atoms with Crippen LogP contribution in [0.25, 0.3) is 5.65 Å². The third kappa shape index (κ3) is 2.16. The summed E-state index contributed by atoms with van der Waals surface area (Å²) in [6.07, 6.45) is 6.33. The van der Waals surface area contributed by atoms with Gasteiger partial charge in [-0.2, -0.15) is 5.10 Å². The van der Waals surface area contributed by atoms with Gasteiger partial charge in [0.05, 0.1) is 6.20 Å². The van der Waals surface area contributed by atoms with Crippen LogP contribution in [0.2, 0.25) is 0 Å². The molecule has 1 unspecified atom stereocenters. The molecule has 17 heavy (non-hydrogen) atoms. The Balaban J connectivity index is 1.86. The molecular weight excluding hydrogens is 280 g/mol. The first-order valence-corrected chi connectivity index (χ1v) is 7.10. The molecule has 0 aromatic carbocycles. The van der Waals surface area contributed by atoms with Crippen molar-refractivity contribution in [1.29, 1.82) is 0 Å². The van der Waals surface area contributed by atoms with Crippen molar-refractivity contribution in [2.45, 2.75) is 12.8 Å². The minimum absolute atomic E-state index is 0.742. The zero-order chi connectivity index (χ0) is 11.7. The summed E-state index contributed by atoms with van der Waals surface area (Å²) in [7, 11) is 0. The van der Waals surface area contributed by atoms with Gasteiger partial charge >= 0.3 is 0 Å². The lowest BCUT2D eigenvalue weighted by Crippen LogP contribution is -2.36. The zero-order valence-corrected chi connectivity index (χ0v) is 11.2. The molecule has 1 aliphatic rings. The molecule has 0 aliphatic carbocycles. The van der Waals surface area contributed by atoms with E-state index in [0.717, 1.165) is 35.8 Å². The Morgan fingerprint density at radius 2 is 2.35 bits per heavy atom. The first kappa shape index (κ1) is 11.0. The van der Waals surface area contributed by atoms with Crippen LogP contribution in [-0.2, 0) is 0 Å². The topological polar surface area (TPSA) is 33.4 Å². The number of hydrogen-bond donors (Lipinski definition) is 0. The van der Waals surface area contributed by atoms with Crippen molar-refractivity contribution in [3.05, 3.63) is 24.5 Å². The fraction of sp³-hybridized carbons (Fsp3) is 0.500. The number of halogens is 1. The SMILES string of the molecule is BrCC1CCCN(c2ccn3nccc3n2)C1. The lowest BCUT2D eigenvalue weighted by atomic mass is 10.0. The highest BCUT2D eigenvalue weighted by atomic mass is 79.9. The normalized spacial score (nSPS) is 21.0. The van der Waals surface area contributed by atoms with Crippen molar-refractivity contribution in [2.75, 3.05) is 23.3 Å². The van der Waals surface area contributed by atoms with Crippen LogP contribution in [-0.4, -0.2) is 33.0 Å². The van der Waals surface area contributed by atoms with E-state index in [1.54, 1.807) is 10.7 Å². The van der Waals surface area contributed by atoms with Gasteiger partial charge in [0.2, 0.25) is 0 Å². The molecule has 5 heteroatoms. The molecule has 1 atom stereocenters. The van der Waals surface area contributed by atoms with Crippen molar-refractivity contribution >= 4 is 27.4 Å². The number of alkyl halides is 1. The standard InChI is InChI=1S/C12H15BrN4/c13-8-10-2-1-6-16(9-10)11-4-7-17-12(15-11)3-5-14-17/h3-5,7,10H,1-2,6,8-9H2. The lowest BCUT2D eigenvalue weighted by molar-refractivity contribution is 0.453. The number of aromatic nitrogens is 3.